The molecular formula is C13H13NO3S. The van der Waals surface area contributed by atoms with Crippen molar-refractivity contribution >= 4 is 20.8 Å². The predicted octanol–water partition coefficient (Wildman–Crippen LogP) is 1.21. The van der Waals surface area contributed by atoms with E-state index in [1.54, 1.807) is 18.2 Å². The minimum Gasteiger partial charge on any atom is -0.390 e. The molecule has 1 N–H and O–H groups in total. The molecule has 4 nitrogen and oxygen atoms in total. The second kappa shape index (κ2) is 4.05. The van der Waals surface area contributed by atoms with Gasteiger partial charge in [0.2, 0.25) is 10.0 Å². The summed E-state index contributed by atoms with van der Waals surface area (Å²) in [5.41, 5.74) is 0. The lowest BCUT2D eigenvalue weighted by atomic mass is 10.1. The second-order valence-corrected chi connectivity index (χ2v) is 6.36. The third kappa shape index (κ3) is 1.71. The van der Waals surface area contributed by atoms with Crippen molar-refractivity contribution in [1.29, 1.82) is 0 Å². The SMILES string of the molecule is O=S(=O)(c1cccc2ccccc12)N1CC(O)C1. The molecule has 0 atom stereocenters. The molecule has 94 valence electrons. The zero-order valence-corrected chi connectivity index (χ0v) is 10.5. The molecule has 0 radical (unpaired) electrons. The minimum atomic E-state index is -3.49. The zero-order valence-electron chi connectivity index (χ0n) is 9.65. The second-order valence-electron chi connectivity index (χ2n) is 4.45. The highest BCUT2D eigenvalue weighted by Crippen LogP contribution is 2.28. The van der Waals surface area contributed by atoms with Crippen LogP contribution in [0.3, 0.4) is 0 Å². The first kappa shape index (κ1) is 11.6. The maximum atomic E-state index is 12.4. The molecule has 18 heavy (non-hydrogen) atoms. The Labute approximate surface area is 106 Å². The molecular weight excluding hydrogens is 250 g/mol. The summed E-state index contributed by atoms with van der Waals surface area (Å²) >= 11 is 0. The van der Waals surface area contributed by atoms with Gasteiger partial charge in [-0.05, 0) is 11.5 Å². The van der Waals surface area contributed by atoms with Crippen LogP contribution in [0.15, 0.2) is 47.4 Å². The van der Waals surface area contributed by atoms with Crippen molar-refractivity contribution in [1.82, 2.24) is 4.31 Å². The number of aliphatic hydroxyl groups is 1. The van der Waals surface area contributed by atoms with Gasteiger partial charge in [-0.15, -0.1) is 0 Å². The summed E-state index contributed by atoms with van der Waals surface area (Å²) in [7, 11) is -3.49. The van der Waals surface area contributed by atoms with E-state index in [2.05, 4.69) is 0 Å². The number of rotatable bonds is 2. The van der Waals surface area contributed by atoms with Crippen LogP contribution >= 0.6 is 0 Å². The van der Waals surface area contributed by atoms with Crippen LogP contribution in [0.25, 0.3) is 10.8 Å². The lowest BCUT2D eigenvalue weighted by Crippen LogP contribution is -2.53. The van der Waals surface area contributed by atoms with Crippen molar-refractivity contribution in [3.63, 3.8) is 0 Å². The first-order valence-electron chi connectivity index (χ1n) is 5.75. The van der Waals surface area contributed by atoms with Crippen molar-refractivity contribution < 1.29 is 13.5 Å². The molecule has 2 aromatic rings. The van der Waals surface area contributed by atoms with Gasteiger partial charge in [-0.1, -0.05) is 36.4 Å². The molecule has 3 rings (SSSR count). The number of hydrogen-bond donors (Lipinski definition) is 1. The standard InChI is InChI=1S/C13H13NO3S/c15-11-8-14(9-11)18(16,17)13-7-3-5-10-4-1-2-6-12(10)13/h1-7,11,15H,8-9H2. The topological polar surface area (TPSA) is 57.6 Å². The summed E-state index contributed by atoms with van der Waals surface area (Å²) < 4.78 is 26.1. The number of hydrogen-bond acceptors (Lipinski definition) is 3. The number of nitrogens with zero attached hydrogens (tertiary/aromatic N) is 1. The molecule has 0 aromatic heterocycles. The van der Waals surface area contributed by atoms with Crippen molar-refractivity contribution in [2.45, 2.75) is 11.0 Å². The third-order valence-corrected chi connectivity index (χ3v) is 5.09. The van der Waals surface area contributed by atoms with E-state index < -0.39 is 16.1 Å². The first-order chi connectivity index (χ1) is 8.59. The lowest BCUT2D eigenvalue weighted by Gasteiger charge is -2.34. The van der Waals surface area contributed by atoms with Crippen LogP contribution in [0.4, 0.5) is 0 Å². The van der Waals surface area contributed by atoms with Gasteiger partial charge in [-0.2, -0.15) is 4.31 Å². The fourth-order valence-electron chi connectivity index (χ4n) is 2.17. The summed E-state index contributed by atoms with van der Waals surface area (Å²) in [6.45, 7) is 0.372. The normalized spacial score (nSPS) is 17.8. The highest BCUT2D eigenvalue weighted by atomic mass is 32.2. The van der Waals surface area contributed by atoms with Gasteiger partial charge in [0.15, 0.2) is 0 Å². The van der Waals surface area contributed by atoms with E-state index in [1.165, 1.54) is 4.31 Å². The van der Waals surface area contributed by atoms with Gasteiger partial charge in [-0.25, -0.2) is 8.42 Å². The van der Waals surface area contributed by atoms with E-state index in [-0.39, 0.29) is 13.1 Å². The van der Waals surface area contributed by atoms with Crippen molar-refractivity contribution in [3.05, 3.63) is 42.5 Å². The fraction of sp³-hybridized carbons (Fsp3) is 0.231. The van der Waals surface area contributed by atoms with Crippen molar-refractivity contribution in [2.75, 3.05) is 13.1 Å². The molecule has 0 bridgehead atoms. The van der Waals surface area contributed by atoms with Crippen LogP contribution in [0.5, 0.6) is 0 Å². The lowest BCUT2D eigenvalue weighted by molar-refractivity contribution is 0.0548. The van der Waals surface area contributed by atoms with Crippen molar-refractivity contribution in [3.8, 4) is 0 Å². The van der Waals surface area contributed by atoms with Gasteiger partial charge in [0.1, 0.15) is 0 Å². The van der Waals surface area contributed by atoms with E-state index in [9.17, 15) is 13.5 Å². The Kier molecular flexibility index (Phi) is 2.62. The Balaban J connectivity index is 2.15. The average molecular weight is 263 g/mol. The molecule has 0 amide bonds. The summed E-state index contributed by atoms with van der Waals surface area (Å²) in [5.74, 6) is 0. The van der Waals surface area contributed by atoms with Crippen LogP contribution in [0.2, 0.25) is 0 Å². The molecule has 0 unspecified atom stereocenters. The minimum absolute atomic E-state index is 0.186. The molecule has 0 spiro atoms. The summed E-state index contributed by atoms with van der Waals surface area (Å²) in [6.07, 6.45) is -0.533. The average Bonchev–Trinajstić information content (AvgIpc) is 2.34. The Morgan fingerprint density at radius 1 is 1.06 bits per heavy atom. The smallest absolute Gasteiger partial charge is 0.243 e. The van der Waals surface area contributed by atoms with Gasteiger partial charge in [0, 0.05) is 18.5 Å². The van der Waals surface area contributed by atoms with Gasteiger partial charge >= 0.3 is 0 Å². The third-order valence-electron chi connectivity index (χ3n) is 3.20. The van der Waals surface area contributed by atoms with Crippen LogP contribution in [0, 0.1) is 0 Å². The molecule has 1 fully saturated rings. The molecule has 0 saturated carbocycles. The van der Waals surface area contributed by atoms with Crippen LogP contribution in [-0.2, 0) is 10.0 Å². The molecule has 1 aliphatic rings. The van der Waals surface area contributed by atoms with E-state index in [0.717, 1.165) is 10.8 Å². The first-order valence-corrected chi connectivity index (χ1v) is 7.19. The number of fused-ring (bicyclic) bond motifs is 1. The maximum Gasteiger partial charge on any atom is 0.243 e. The van der Waals surface area contributed by atoms with E-state index in [4.69, 9.17) is 0 Å². The number of aliphatic hydroxyl groups excluding tert-OH is 1. The van der Waals surface area contributed by atoms with E-state index in [0.29, 0.717) is 4.90 Å². The monoisotopic (exact) mass is 263 g/mol. The Morgan fingerprint density at radius 2 is 1.72 bits per heavy atom. The number of β-amino-alcohol motifs (C(OH)–C–C–N with tert-alkyl or cyclic N) is 1. The van der Waals surface area contributed by atoms with Crippen LogP contribution < -0.4 is 0 Å². The highest BCUT2D eigenvalue weighted by molar-refractivity contribution is 7.89. The molecule has 5 heteroatoms. The number of benzene rings is 2. The quantitative estimate of drug-likeness (QED) is 0.886. The Bertz CT molecular complexity index is 685. The fourth-order valence-corrected chi connectivity index (χ4v) is 3.90. The van der Waals surface area contributed by atoms with Gasteiger partial charge in [-0.3, -0.25) is 0 Å². The largest absolute Gasteiger partial charge is 0.390 e. The van der Waals surface area contributed by atoms with Gasteiger partial charge in [0.25, 0.3) is 0 Å². The van der Waals surface area contributed by atoms with Crippen LogP contribution in [0.1, 0.15) is 0 Å². The number of sulfonamides is 1. The Hall–Kier alpha value is -1.43. The van der Waals surface area contributed by atoms with E-state index >= 15 is 0 Å². The Morgan fingerprint density at radius 3 is 2.44 bits per heavy atom. The molecule has 0 aliphatic carbocycles. The summed E-state index contributed by atoms with van der Waals surface area (Å²) in [4.78, 5) is 0.313. The summed E-state index contributed by atoms with van der Waals surface area (Å²) in [5, 5.41) is 10.9. The highest BCUT2D eigenvalue weighted by Gasteiger charge is 2.36. The maximum absolute atomic E-state index is 12.4. The zero-order chi connectivity index (χ0) is 12.8. The van der Waals surface area contributed by atoms with Crippen molar-refractivity contribution in [2.24, 2.45) is 0 Å². The van der Waals surface area contributed by atoms with E-state index in [1.807, 2.05) is 24.3 Å². The van der Waals surface area contributed by atoms with Crippen LogP contribution in [-0.4, -0.2) is 37.0 Å². The summed E-state index contributed by atoms with van der Waals surface area (Å²) in [6, 6.07) is 12.6. The molecule has 1 heterocycles. The molecule has 1 saturated heterocycles. The van der Waals surface area contributed by atoms with Gasteiger partial charge < -0.3 is 5.11 Å². The van der Waals surface area contributed by atoms with Gasteiger partial charge in [0.05, 0.1) is 11.0 Å². The molecule has 1 aliphatic heterocycles. The molecule has 2 aromatic carbocycles. The predicted molar refractivity (Wildman–Crippen MR) is 68.7 cm³/mol.